The molecule has 16 heavy (non-hydrogen) atoms. The maximum absolute atomic E-state index is 10.2. The highest BCUT2D eigenvalue weighted by Crippen LogP contribution is 2.21. The van der Waals surface area contributed by atoms with Gasteiger partial charge in [0.1, 0.15) is 0 Å². The summed E-state index contributed by atoms with van der Waals surface area (Å²) in [6.45, 7) is 0.273. The fraction of sp³-hybridized carbons (Fsp3) is 0. The number of carbonyl (C=O) groups is 1. The van der Waals surface area contributed by atoms with Crippen LogP contribution in [0.5, 0.6) is 5.88 Å². The van der Waals surface area contributed by atoms with Gasteiger partial charge in [0.05, 0.1) is 11.9 Å². The summed E-state index contributed by atoms with van der Waals surface area (Å²) >= 11 is 0. The lowest BCUT2D eigenvalue weighted by Gasteiger charge is -2.04. The van der Waals surface area contributed by atoms with Crippen LogP contribution in [0.15, 0.2) is 36.5 Å². The van der Waals surface area contributed by atoms with Gasteiger partial charge in [0, 0.05) is 5.56 Å². The topological polar surface area (TPSA) is 78.1 Å². The molecule has 2 rings (SSSR count). The number of nitrogen functional groups attached to an aromatic ring is 1. The van der Waals surface area contributed by atoms with Crippen LogP contribution in [0.1, 0.15) is 0 Å². The Morgan fingerprint density at radius 1 is 1.25 bits per heavy atom. The standard InChI is InChI=1S/C11H9N3O2/c12-10-11(16-7-15)14-9(6-13-10)8-4-2-1-3-5-8/h1-7H,(H2,12,13). The Balaban J connectivity index is 2.43. The van der Waals surface area contributed by atoms with E-state index in [0.29, 0.717) is 5.69 Å². The first kappa shape index (κ1) is 10.1. The second kappa shape index (κ2) is 4.39. The van der Waals surface area contributed by atoms with E-state index < -0.39 is 0 Å². The second-order valence-electron chi connectivity index (χ2n) is 3.03. The van der Waals surface area contributed by atoms with Crippen molar-refractivity contribution in [2.24, 2.45) is 0 Å². The molecule has 0 aliphatic rings. The molecule has 1 aromatic heterocycles. The van der Waals surface area contributed by atoms with E-state index in [9.17, 15) is 4.79 Å². The molecule has 0 aliphatic carbocycles. The summed E-state index contributed by atoms with van der Waals surface area (Å²) in [4.78, 5) is 18.2. The first-order valence-corrected chi connectivity index (χ1v) is 4.59. The zero-order valence-electron chi connectivity index (χ0n) is 8.33. The highest BCUT2D eigenvalue weighted by atomic mass is 16.5. The third kappa shape index (κ3) is 1.98. The van der Waals surface area contributed by atoms with Crippen molar-refractivity contribution >= 4 is 12.3 Å². The molecule has 0 atom stereocenters. The number of aromatic nitrogens is 2. The van der Waals surface area contributed by atoms with Gasteiger partial charge < -0.3 is 10.5 Å². The molecule has 0 radical (unpaired) electrons. The molecule has 0 fully saturated rings. The number of rotatable bonds is 3. The summed E-state index contributed by atoms with van der Waals surface area (Å²) < 4.78 is 4.62. The SMILES string of the molecule is Nc1ncc(-c2ccccc2)nc1OC=O. The van der Waals surface area contributed by atoms with Gasteiger partial charge in [0.2, 0.25) is 0 Å². The Morgan fingerprint density at radius 3 is 2.69 bits per heavy atom. The predicted molar refractivity (Wildman–Crippen MR) is 58.6 cm³/mol. The molecule has 0 aliphatic heterocycles. The Bertz CT molecular complexity index is 500. The third-order valence-electron chi connectivity index (χ3n) is 2.00. The largest absolute Gasteiger partial charge is 0.406 e. The summed E-state index contributed by atoms with van der Waals surface area (Å²) in [5, 5.41) is 0. The van der Waals surface area contributed by atoms with Gasteiger partial charge in [-0.05, 0) is 0 Å². The molecular weight excluding hydrogens is 206 g/mol. The summed E-state index contributed by atoms with van der Waals surface area (Å²) in [7, 11) is 0. The molecule has 2 N–H and O–H groups in total. The van der Waals surface area contributed by atoms with Crippen LogP contribution in [-0.2, 0) is 4.79 Å². The van der Waals surface area contributed by atoms with Gasteiger partial charge in [0.15, 0.2) is 5.82 Å². The van der Waals surface area contributed by atoms with Crippen LogP contribution in [-0.4, -0.2) is 16.4 Å². The molecule has 0 unspecified atom stereocenters. The molecule has 80 valence electrons. The van der Waals surface area contributed by atoms with E-state index in [0.717, 1.165) is 5.56 Å². The lowest BCUT2D eigenvalue weighted by atomic mass is 10.2. The van der Waals surface area contributed by atoms with Gasteiger partial charge in [-0.15, -0.1) is 0 Å². The van der Waals surface area contributed by atoms with Gasteiger partial charge in [-0.3, -0.25) is 4.79 Å². The molecule has 0 bridgehead atoms. The summed E-state index contributed by atoms with van der Waals surface area (Å²) in [6.07, 6.45) is 1.53. The van der Waals surface area contributed by atoms with Crippen LogP contribution in [0.4, 0.5) is 5.82 Å². The van der Waals surface area contributed by atoms with Crippen LogP contribution in [0.2, 0.25) is 0 Å². The smallest absolute Gasteiger partial charge is 0.299 e. The Hall–Kier alpha value is -2.43. The van der Waals surface area contributed by atoms with Crippen molar-refractivity contribution in [3.63, 3.8) is 0 Å². The molecule has 0 spiro atoms. The summed E-state index contributed by atoms with van der Waals surface area (Å²) in [5.41, 5.74) is 6.98. The molecular formula is C11H9N3O2. The van der Waals surface area contributed by atoms with E-state index >= 15 is 0 Å². The highest BCUT2D eigenvalue weighted by molar-refractivity contribution is 5.61. The maximum atomic E-state index is 10.2. The molecule has 5 nitrogen and oxygen atoms in total. The fourth-order valence-corrected chi connectivity index (χ4v) is 1.26. The van der Waals surface area contributed by atoms with E-state index in [4.69, 9.17) is 5.73 Å². The van der Waals surface area contributed by atoms with Crippen molar-refractivity contribution in [3.8, 4) is 17.1 Å². The number of nitrogens with two attached hydrogens (primary N) is 1. The van der Waals surface area contributed by atoms with E-state index in [1.54, 1.807) is 0 Å². The average molecular weight is 215 g/mol. The van der Waals surface area contributed by atoms with Gasteiger partial charge in [0.25, 0.3) is 12.4 Å². The lowest BCUT2D eigenvalue weighted by Crippen LogP contribution is -2.01. The van der Waals surface area contributed by atoms with E-state index in [2.05, 4.69) is 14.7 Å². The second-order valence-corrected chi connectivity index (χ2v) is 3.03. The predicted octanol–water partition coefficient (Wildman–Crippen LogP) is 1.26. The Kier molecular flexibility index (Phi) is 2.77. The minimum absolute atomic E-state index is 0.0244. The Labute approximate surface area is 91.9 Å². The number of benzene rings is 1. The van der Waals surface area contributed by atoms with E-state index in [1.165, 1.54) is 6.20 Å². The van der Waals surface area contributed by atoms with Gasteiger partial charge >= 0.3 is 0 Å². The molecule has 0 amide bonds. The van der Waals surface area contributed by atoms with Crippen molar-refractivity contribution in [3.05, 3.63) is 36.5 Å². The van der Waals surface area contributed by atoms with Crippen LogP contribution in [0.3, 0.4) is 0 Å². The van der Waals surface area contributed by atoms with Crippen molar-refractivity contribution in [2.75, 3.05) is 5.73 Å². The Morgan fingerprint density at radius 2 is 2.00 bits per heavy atom. The first-order valence-electron chi connectivity index (χ1n) is 4.59. The number of hydrogen-bond donors (Lipinski definition) is 1. The molecule has 0 saturated carbocycles. The zero-order valence-corrected chi connectivity index (χ0v) is 8.33. The number of nitrogens with zero attached hydrogens (tertiary/aromatic N) is 2. The van der Waals surface area contributed by atoms with Crippen molar-refractivity contribution in [2.45, 2.75) is 0 Å². The first-order chi connectivity index (χ1) is 7.81. The molecule has 1 heterocycles. The monoisotopic (exact) mass is 215 g/mol. The van der Waals surface area contributed by atoms with Crippen LogP contribution >= 0.6 is 0 Å². The number of carbonyl (C=O) groups excluding carboxylic acids is 1. The zero-order chi connectivity index (χ0) is 11.4. The van der Waals surface area contributed by atoms with Crippen molar-refractivity contribution in [1.82, 2.24) is 9.97 Å². The summed E-state index contributed by atoms with van der Waals surface area (Å²) in [5.74, 6) is 0.114. The molecule has 2 aromatic rings. The molecule has 5 heteroatoms. The van der Waals surface area contributed by atoms with Crippen molar-refractivity contribution < 1.29 is 9.53 Å². The average Bonchev–Trinajstić information content (AvgIpc) is 2.33. The lowest BCUT2D eigenvalue weighted by molar-refractivity contribution is -0.120. The van der Waals surface area contributed by atoms with E-state index in [-0.39, 0.29) is 18.2 Å². The minimum Gasteiger partial charge on any atom is -0.406 e. The number of anilines is 1. The van der Waals surface area contributed by atoms with Gasteiger partial charge in [-0.25, -0.2) is 9.97 Å². The van der Waals surface area contributed by atoms with E-state index in [1.807, 2.05) is 30.3 Å². The van der Waals surface area contributed by atoms with Crippen molar-refractivity contribution in [1.29, 1.82) is 0 Å². The van der Waals surface area contributed by atoms with Crippen LogP contribution < -0.4 is 10.5 Å². The minimum atomic E-state index is 0.0244. The van der Waals surface area contributed by atoms with Crippen LogP contribution in [0, 0.1) is 0 Å². The van der Waals surface area contributed by atoms with Gasteiger partial charge in [-0.2, -0.15) is 0 Å². The quantitative estimate of drug-likeness (QED) is 0.780. The summed E-state index contributed by atoms with van der Waals surface area (Å²) in [6, 6.07) is 9.42. The molecule has 1 aromatic carbocycles. The number of hydrogen-bond acceptors (Lipinski definition) is 5. The highest BCUT2D eigenvalue weighted by Gasteiger charge is 2.06. The third-order valence-corrected chi connectivity index (χ3v) is 2.00. The van der Waals surface area contributed by atoms with Gasteiger partial charge in [-0.1, -0.05) is 30.3 Å². The maximum Gasteiger partial charge on any atom is 0.299 e. The molecule has 0 saturated heterocycles. The fourth-order valence-electron chi connectivity index (χ4n) is 1.26. The normalized spacial score (nSPS) is 9.75. The van der Waals surface area contributed by atoms with Crippen LogP contribution in [0.25, 0.3) is 11.3 Å². The number of ether oxygens (including phenoxy) is 1.